The number of rotatable bonds is 22. The summed E-state index contributed by atoms with van der Waals surface area (Å²) in [6.07, 6.45) is 1.07. The third kappa shape index (κ3) is 14.5. The number of carboxylic acid groups (broad SMARTS) is 2. The van der Waals surface area contributed by atoms with Crippen molar-refractivity contribution in [1.82, 2.24) is 36.6 Å². The summed E-state index contributed by atoms with van der Waals surface area (Å²) in [5.41, 5.74) is 11.9. The van der Waals surface area contributed by atoms with Crippen molar-refractivity contribution in [2.75, 3.05) is 13.2 Å². The van der Waals surface area contributed by atoms with Crippen molar-refractivity contribution < 1.29 is 53.7 Å². The molecule has 5 atom stereocenters. The van der Waals surface area contributed by atoms with Crippen LogP contribution in [0.5, 0.6) is 0 Å². The Labute approximate surface area is 285 Å². The lowest BCUT2D eigenvalue weighted by atomic mass is 10.0. The van der Waals surface area contributed by atoms with Crippen LogP contribution in [0.15, 0.2) is 42.9 Å². The number of aromatic nitrogens is 2. The Balaban J connectivity index is 2.16. The predicted octanol–water partition coefficient (Wildman–Crippen LogP) is -4.22. The zero-order valence-corrected chi connectivity index (χ0v) is 26.8. The molecule has 20 nitrogen and oxygen atoms in total. The van der Waals surface area contributed by atoms with Gasteiger partial charge in [-0.1, -0.05) is 30.3 Å². The number of nitrogens with zero attached hydrogens (tertiary/aromatic N) is 1. The van der Waals surface area contributed by atoms with Crippen molar-refractivity contribution in [3.05, 3.63) is 54.1 Å². The molecule has 1 heterocycles. The van der Waals surface area contributed by atoms with E-state index in [4.69, 9.17) is 16.6 Å². The fourth-order valence-electron chi connectivity index (χ4n) is 4.39. The van der Waals surface area contributed by atoms with Crippen LogP contribution in [0.4, 0.5) is 0 Å². The zero-order chi connectivity index (χ0) is 37.2. The van der Waals surface area contributed by atoms with Gasteiger partial charge in [0.05, 0.1) is 25.5 Å². The van der Waals surface area contributed by atoms with Gasteiger partial charge in [0.2, 0.25) is 35.4 Å². The molecule has 13 N–H and O–H groups in total. The number of imidazole rings is 1. The molecule has 0 aliphatic rings. The number of hydrogen-bond acceptors (Lipinski definition) is 11. The highest BCUT2D eigenvalue weighted by molar-refractivity contribution is 5.96. The fraction of sp³-hybridized carbons (Fsp3) is 0.433. The molecule has 2 aromatic rings. The van der Waals surface area contributed by atoms with Crippen molar-refractivity contribution in [1.29, 1.82) is 0 Å². The van der Waals surface area contributed by atoms with Crippen molar-refractivity contribution in [3.8, 4) is 0 Å². The molecule has 0 radical (unpaired) electrons. The van der Waals surface area contributed by atoms with Gasteiger partial charge in [-0.2, -0.15) is 0 Å². The first-order chi connectivity index (χ1) is 23.7. The van der Waals surface area contributed by atoms with E-state index in [0.717, 1.165) is 0 Å². The summed E-state index contributed by atoms with van der Waals surface area (Å²) in [5.74, 6) is -8.05. The van der Waals surface area contributed by atoms with Crippen LogP contribution in [0.2, 0.25) is 0 Å². The molecule has 272 valence electrons. The third-order valence-corrected chi connectivity index (χ3v) is 7.08. The first kappa shape index (κ1) is 40.3. The average Bonchev–Trinajstić information content (AvgIpc) is 3.59. The number of aliphatic carboxylic acids is 2. The van der Waals surface area contributed by atoms with Crippen molar-refractivity contribution >= 4 is 47.4 Å². The number of benzene rings is 1. The SMILES string of the molecule is NC(=O)CC[C@H](NC(=O)[C@H](CO)NC(=O)[C@@H](N)CCC(=O)O)C(=O)N[C@@H](Cc1ccccc1)C(=O)NCC(=O)N[C@@H](Cc1cnc[nH]1)C(=O)O. The van der Waals surface area contributed by atoms with Crippen LogP contribution in [-0.4, -0.2) is 116 Å². The molecule has 0 spiro atoms. The lowest BCUT2D eigenvalue weighted by Crippen LogP contribution is -2.59. The Hall–Kier alpha value is -5.89. The number of primary amides is 1. The lowest BCUT2D eigenvalue weighted by molar-refractivity contribution is -0.141. The molecule has 20 heteroatoms. The first-order valence-electron chi connectivity index (χ1n) is 15.3. The molecule has 0 aliphatic carbocycles. The van der Waals surface area contributed by atoms with Crippen molar-refractivity contribution in [2.45, 2.75) is 68.7 Å². The number of amides is 6. The minimum absolute atomic E-state index is 0.0996. The monoisotopic (exact) mass is 703 g/mol. The molecule has 0 fully saturated rings. The highest BCUT2D eigenvalue weighted by atomic mass is 16.4. The summed E-state index contributed by atoms with van der Waals surface area (Å²) in [7, 11) is 0. The number of nitrogens with one attached hydrogen (secondary N) is 6. The molecule has 2 rings (SSSR count). The molecular formula is C30H41N9O11. The maximum absolute atomic E-state index is 13.5. The summed E-state index contributed by atoms with van der Waals surface area (Å²) in [6, 6.07) is 1.22. The normalized spacial score (nSPS) is 13.7. The molecular weight excluding hydrogens is 662 g/mol. The molecule has 1 aromatic carbocycles. The second-order valence-corrected chi connectivity index (χ2v) is 11.1. The number of carboxylic acids is 2. The van der Waals surface area contributed by atoms with Gasteiger partial charge in [0.15, 0.2) is 0 Å². The van der Waals surface area contributed by atoms with E-state index in [1.165, 1.54) is 12.5 Å². The maximum atomic E-state index is 13.5. The van der Waals surface area contributed by atoms with Crippen LogP contribution >= 0.6 is 0 Å². The molecule has 0 saturated heterocycles. The van der Waals surface area contributed by atoms with Gasteiger partial charge in [0, 0.05) is 37.6 Å². The molecule has 0 saturated carbocycles. The van der Waals surface area contributed by atoms with E-state index in [-0.39, 0.29) is 25.7 Å². The Morgan fingerprint density at radius 2 is 1.40 bits per heavy atom. The highest BCUT2D eigenvalue weighted by Crippen LogP contribution is 2.07. The number of aliphatic hydroxyl groups excluding tert-OH is 1. The van der Waals surface area contributed by atoms with E-state index in [1.54, 1.807) is 30.3 Å². The van der Waals surface area contributed by atoms with Crippen molar-refractivity contribution in [2.24, 2.45) is 11.5 Å². The van der Waals surface area contributed by atoms with E-state index < -0.39 is 104 Å². The van der Waals surface area contributed by atoms with E-state index in [1.807, 2.05) is 0 Å². The third-order valence-electron chi connectivity index (χ3n) is 7.08. The molecule has 50 heavy (non-hydrogen) atoms. The van der Waals surface area contributed by atoms with Gasteiger partial charge in [0.1, 0.15) is 24.2 Å². The molecule has 0 aliphatic heterocycles. The Morgan fingerprint density at radius 3 is 1.98 bits per heavy atom. The summed E-state index contributed by atoms with van der Waals surface area (Å²) in [6.45, 7) is -1.61. The van der Waals surface area contributed by atoms with Crippen LogP contribution in [0.1, 0.15) is 36.9 Å². The number of aromatic amines is 1. The quantitative estimate of drug-likeness (QED) is 0.0555. The van der Waals surface area contributed by atoms with Crippen LogP contribution in [0.25, 0.3) is 0 Å². The Morgan fingerprint density at radius 1 is 0.760 bits per heavy atom. The van der Waals surface area contributed by atoms with E-state index in [2.05, 4.69) is 36.6 Å². The summed E-state index contributed by atoms with van der Waals surface area (Å²) in [5, 5.41) is 39.6. The average molecular weight is 704 g/mol. The van der Waals surface area contributed by atoms with Gasteiger partial charge < -0.3 is 58.4 Å². The van der Waals surface area contributed by atoms with Crippen LogP contribution in [0.3, 0.4) is 0 Å². The van der Waals surface area contributed by atoms with Gasteiger partial charge >= 0.3 is 11.9 Å². The number of aliphatic hydroxyl groups is 1. The minimum atomic E-state index is -1.63. The molecule has 6 amide bonds. The standard InChI is InChI=1S/C30H41N9O11/c31-18(6-9-25(43)44)26(45)39-22(14-40)29(48)37-19(7-8-23(32)41)28(47)38-20(10-16-4-2-1-3-5-16)27(46)34-13-24(42)36-21(30(49)50)11-17-12-33-15-35-17/h1-5,12,15,18-22,40H,6-11,13-14,31H2,(H2,32,41)(H,33,35)(H,34,46)(H,36,42)(H,37,48)(H,38,47)(H,39,45)(H,43,44)(H,49,50)/t18-,19-,20-,21-,22-/m0/s1. The fourth-order valence-corrected chi connectivity index (χ4v) is 4.39. The first-order valence-corrected chi connectivity index (χ1v) is 15.3. The lowest BCUT2D eigenvalue weighted by Gasteiger charge is -2.25. The highest BCUT2D eigenvalue weighted by Gasteiger charge is 2.31. The zero-order valence-electron chi connectivity index (χ0n) is 26.8. The predicted molar refractivity (Wildman–Crippen MR) is 171 cm³/mol. The minimum Gasteiger partial charge on any atom is -0.481 e. The number of carbonyl (C=O) groups excluding carboxylic acids is 6. The number of nitrogens with two attached hydrogens (primary N) is 2. The summed E-state index contributed by atoms with van der Waals surface area (Å²) in [4.78, 5) is 105. The van der Waals surface area contributed by atoms with Gasteiger partial charge in [0.25, 0.3) is 0 Å². The molecule has 0 unspecified atom stereocenters. The van der Waals surface area contributed by atoms with E-state index >= 15 is 0 Å². The van der Waals surface area contributed by atoms with Gasteiger partial charge in [-0.05, 0) is 18.4 Å². The largest absolute Gasteiger partial charge is 0.481 e. The van der Waals surface area contributed by atoms with E-state index in [9.17, 15) is 48.6 Å². The van der Waals surface area contributed by atoms with Crippen LogP contribution in [-0.2, 0) is 51.2 Å². The number of hydrogen-bond donors (Lipinski definition) is 11. The maximum Gasteiger partial charge on any atom is 0.326 e. The Bertz CT molecular complexity index is 1490. The summed E-state index contributed by atoms with van der Waals surface area (Å²) < 4.78 is 0. The smallest absolute Gasteiger partial charge is 0.326 e. The molecule has 0 bridgehead atoms. The second-order valence-electron chi connectivity index (χ2n) is 11.1. The Kier molecular flexibility index (Phi) is 16.5. The van der Waals surface area contributed by atoms with Gasteiger partial charge in [-0.25, -0.2) is 9.78 Å². The number of carbonyl (C=O) groups is 8. The summed E-state index contributed by atoms with van der Waals surface area (Å²) >= 11 is 0. The van der Waals surface area contributed by atoms with Crippen LogP contribution in [0, 0.1) is 0 Å². The van der Waals surface area contributed by atoms with Crippen molar-refractivity contribution in [3.63, 3.8) is 0 Å². The second kappa shape index (κ2) is 20.5. The molecule has 1 aromatic heterocycles. The number of H-pyrrole nitrogens is 1. The topological polar surface area (TPSA) is 338 Å². The van der Waals surface area contributed by atoms with E-state index in [0.29, 0.717) is 11.3 Å². The van der Waals surface area contributed by atoms with Crippen LogP contribution < -0.4 is 38.1 Å². The van der Waals surface area contributed by atoms with Gasteiger partial charge in [-0.15, -0.1) is 0 Å². The van der Waals surface area contributed by atoms with Gasteiger partial charge in [-0.3, -0.25) is 33.6 Å².